The molecule has 1 aromatic rings. The van der Waals surface area contributed by atoms with E-state index in [1.807, 2.05) is 0 Å². The maximum absolute atomic E-state index is 13.2. The van der Waals surface area contributed by atoms with Crippen molar-refractivity contribution in [3.63, 3.8) is 0 Å². The Morgan fingerprint density at radius 2 is 2.10 bits per heavy atom. The van der Waals surface area contributed by atoms with Gasteiger partial charge in [0.25, 0.3) is 0 Å². The minimum absolute atomic E-state index is 0.194. The van der Waals surface area contributed by atoms with Crippen LogP contribution in [-0.4, -0.2) is 38.6 Å². The van der Waals surface area contributed by atoms with E-state index in [1.165, 1.54) is 6.07 Å². The molecular formula is C14H16FNO4S. The summed E-state index contributed by atoms with van der Waals surface area (Å²) in [6.45, 7) is 0.432. The summed E-state index contributed by atoms with van der Waals surface area (Å²) in [4.78, 5) is 0. The molecule has 0 spiro atoms. The minimum atomic E-state index is -3.58. The predicted octanol–water partition coefficient (Wildman–Crippen LogP) is 1.09. The van der Waals surface area contributed by atoms with E-state index >= 15 is 0 Å². The summed E-state index contributed by atoms with van der Waals surface area (Å²) < 4.78 is 45.5. The number of hydrogen-bond donors (Lipinski definition) is 2. The van der Waals surface area contributed by atoms with E-state index in [4.69, 9.17) is 9.84 Å². The van der Waals surface area contributed by atoms with Crippen molar-refractivity contribution in [1.82, 2.24) is 0 Å². The first-order valence-electron chi connectivity index (χ1n) is 6.51. The molecule has 0 saturated carbocycles. The molecule has 0 amide bonds. The molecule has 1 aliphatic rings. The van der Waals surface area contributed by atoms with Gasteiger partial charge in [-0.25, -0.2) is 12.8 Å². The van der Waals surface area contributed by atoms with Crippen molar-refractivity contribution < 1.29 is 22.7 Å². The maximum Gasteiger partial charge on any atom is 0.235 e. The molecule has 0 aromatic heterocycles. The van der Waals surface area contributed by atoms with Gasteiger partial charge in [-0.1, -0.05) is 11.8 Å². The van der Waals surface area contributed by atoms with Crippen molar-refractivity contribution in [1.29, 1.82) is 0 Å². The van der Waals surface area contributed by atoms with Crippen LogP contribution in [0.3, 0.4) is 0 Å². The fourth-order valence-corrected chi connectivity index (χ4v) is 3.53. The van der Waals surface area contributed by atoms with Crippen LogP contribution in [0.2, 0.25) is 0 Å². The number of aliphatic hydroxyl groups is 1. The van der Waals surface area contributed by atoms with E-state index in [1.54, 1.807) is 0 Å². The Morgan fingerprint density at radius 3 is 2.76 bits per heavy atom. The van der Waals surface area contributed by atoms with Gasteiger partial charge in [0.05, 0.1) is 16.5 Å². The molecule has 1 aromatic carbocycles. The average Bonchev–Trinajstić information content (AvgIpc) is 2.48. The van der Waals surface area contributed by atoms with Crippen molar-refractivity contribution in [2.75, 3.05) is 24.5 Å². The van der Waals surface area contributed by atoms with Gasteiger partial charge in [-0.05, 0) is 31.0 Å². The topological polar surface area (TPSA) is 75.6 Å². The lowest BCUT2D eigenvalue weighted by molar-refractivity contribution is 0.0984. The number of hydrogen-bond acceptors (Lipinski definition) is 4. The molecule has 1 saturated heterocycles. The second kappa shape index (κ2) is 6.89. The molecular weight excluding hydrogens is 297 g/mol. The molecule has 0 aliphatic carbocycles. The number of sulfonamides is 1. The Kier molecular flexibility index (Phi) is 5.17. The van der Waals surface area contributed by atoms with E-state index in [0.29, 0.717) is 26.1 Å². The smallest absolute Gasteiger partial charge is 0.235 e. The van der Waals surface area contributed by atoms with Crippen LogP contribution in [0.1, 0.15) is 18.4 Å². The Labute approximate surface area is 123 Å². The van der Waals surface area contributed by atoms with Crippen molar-refractivity contribution in [3.8, 4) is 11.8 Å². The highest BCUT2D eigenvalue weighted by molar-refractivity contribution is 7.93. The van der Waals surface area contributed by atoms with Gasteiger partial charge in [-0.15, -0.1) is 0 Å². The summed E-state index contributed by atoms with van der Waals surface area (Å²) in [6, 6.07) is 3.62. The second-order valence-electron chi connectivity index (χ2n) is 4.61. The lowest BCUT2D eigenvalue weighted by Crippen LogP contribution is -2.33. The third-order valence-corrected chi connectivity index (χ3v) is 5.00. The molecule has 1 fully saturated rings. The van der Waals surface area contributed by atoms with Crippen molar-refractivity contribution in [2.45, 2.75) is 18.1 Å². The third-order valence-electron chi connectivity index (χ3n) is 3.14. The number of nitrogens with one attached hydrogen (secondary N) is 1. The fraction of sp³-hybridized carbons (Fsp3) is 0.429. The van der Waals surface area contributed by atoms with Crippen molar-refractivity contribution in [2.24, 2.45) is 0 Å². The zero-order valence-electron chi connectivity index (χ0n) is 11.3. The van der Waals surface area contributed by atoms with Crippen LogP contribution in [0.25, 0.3) is 0 Å². The Morgan fingerprint density at radius 1 is 1.38 bits per heavy atom. The largest absolute Gasteiger partial charge is 0.384 e. The van der Waals surface area contributed by atoms with Gasteiger partial charge in [0.1, 0.15) is 12.4 Å². The Hall–Kier alpha value is -1.62. The van der Waals surface area contributed by atoms with E-state index in [0.717, 1.165) is 12.1 Å². The molecule has 1 aliphatic heterocycles. The number of halogens is 1. The number of benzene rings is 1. The SMILES string of the molecule is O=S(=O)(Nc1ccc(F)cc1C#CCO)C1CCOCC1. The van der Waals surface area contributed by atoms with Gasteiger partial charge >= 0.3 is 0 Å². The van der Waals surface area contributed by atoms with Gasteiger partial charge in [-0.3, -0.25) is 4.72 Å². The monoisotopic (exact) mass is 313 g/mol. The molecule has 0 bridgehead atoms. The average molecular weight is 313 g/mol. The van der Waals surface area contributed by atoms with Crippen molar-refractivity contribution >= 4 is 15.7 Å². The standard InChI is InChI=1S/C14H16FNO4S/c15-12-3-4-14(11(10-12)2-1-7-17)16-21(18,19)13-5-8-20-9-6-13/h3-4,10,13,16-17H,5-9H2. The van der Waals surface area contributed by atoms with Gasteiger partial charge in [0.15, 0.2) is 0 Å². The number of anilines is 1. The third kappa shape index (κ3) is 4.17. The predicted molar refractivity (Wildman–Crippen MR) is 76.7 cm³/mol. The molecule has 7 heteroatoms. The Balaban J connectivity index is 2.25. The van der Waals surface area contributed by atoms with Gasteiger partial charge in [0, 0.05) is 13.2 Å². The fourth-order valence-electron chi connectivity index (χ4n) is 2.07. The molecule has 114 valence electrons. The summed E-state index contributed by atoms with van der Waals surface area (Å²) in [5.74, 6) is 4.40. The highest BCUT2D eigenvalue weighted by Crippen LogP contribution is 2.22. The van der Waals surface area contributed by atoms with Crippen LogP contribution in [0.15, 0.2) is 18.2 Å². The van der Waals surface area contributed by atoms with Crippen LogP contribution in [0.4, 0.5) is 10.1 Å². The normalized spacial score (nSPS) is 16.1. The maximum atomic E-state index is 13.2. The van der Waals surface area contributed by atoms with Crippen LogP contribution in [0, 0.1) is 17.7 Å². The molecule has 2 rings (SSSR count). The molecule has 0 radical (unpaired) electrons. The number of ether oxygens (including phenoxy) is 1. The van der Waals surface area contributed by atoms with E-state index < -0.39 is 21.1 Å². The van der Waals surface area contributed by atoms with Crippen LogP contribution in [0.5, 0.6) is 0 Å². The molecule has 0 unspecified atom stereocenters. The summed E-state index contributed by atoms with van der Waals surface area (Å²) in [5, 5.41) is 8.17. The number of aliphatic hydroxyl groups excluding tert-OH is 1. The quantitative estimate of drug-likeness (QED) is 0.819. The summed E-state index contributed by atoms with van der Waals surface area (Å²) in [7, 11) is -3.58. The molecule has 2 N–H and O–H groups in total. The minimum Gasteiger partial charge on any atom is -0.384 e. The zero-order valence-corrected chi connectivity index (χ0v) is 12.1. The summed E-state index contributed by atoms with van der Waals surface area (Å²) in [5.41, 5.74) is 0.406. The summed E-state index contributed by atoms with van der Waals surface area (Å²) in [6.07, 6.45) is 0.850. The molecule has 1 heterocycles. The highest BCUT2D eigenvalue weighted by Gasteiger charge is 2.28. The van der Waals surface area contributed by atoms with Crippen LogP contribution < -0.4 is 4.72 Å². The zero-order chi connectivity index (χ0) is 15.3. The van der Waals surface area contributed by atoms with E-state index in [-0.39, 0.29) is 17.9 Å². The van der Waals surface area contributed by atoms with E-state index in [9.17, 15) is 12.8 Å². The van der Waals surface area contributed by atoms with Crippen LogP contribution >= 0.6 is 0 Å². The summed E-state index contributed by atoms with van der Waals surface area (Å²) >= 11 is 0. The van der Waals surface area contributed by atoms with Gasteiger partial charge in [-0.2, -0.15) is 0 Å². The molecule has 5 nitrogen and oxygen atoms in total. The lowest BCUT2D eigenvalue weighted by atomic mass is 10.2. The first-order chi connectivity index (χ1) is 10.0. The molecule has 21 heavy (non-hydrogen) atoms. The second-order valence-corrected chi connectivity index (χ2v) is 6.57. The lowest BCUT2D eigenvalue weighted by Gasteiger charge is -2.23. The van der Waals surface area contributed by atoms with Crippen molar-refractivity contribution in [3.05, 3.63) is 29.6 Å². The first-order valence-corrected chi connectivity index (χ1v) is 8.06. The van der Waals surface area contributed by atoms with E-state index in [2.05, 4.69) is 16.6 Å². The first kappa shape index (κ1) is 15.8. The van der Waals surface area contributed by atoms with Gasteiger partial charge < -0.3 is 9.84 Å². The number of rotatable bonds is 3. The highest BCUT2D eigenvalue weighted by atomic mass is 32.2. The van der Waals surface area contributed by atoms with Gasteiger partial charge in [0.2, 0.25) is 10.0 Å². The molecule has 0 atom stereocenters. The Bertz CT molecular complexity index is 657. The van der Waals surface area contributed by atoms with Crippen LogP contribution in [-0.2, 0) is 14.8 Å².